The summed E-state index contributed by atoms with van der Waals surface area (Å²) in [4.78, 5) is 15.4. The topological polar surface area (TPSA) is 38.8 Å². The van der Waals surface area contributed by atoms with Crippen molar-refractivity contribution < 1.29 is 14.3 Å². The Bertz CT molecular complexity index is 1040. The SMILES string of the molecule is O=C1c2cc(OCCc3ccc(Cl)cc3)ccc2CCN1CC1C=CC=CC1CC1CCO1. The van der Waals surface area contributed by atoms with Crippen molar-refractivity contribution in [2.45, 2.75) is 31.8 Å². The highest BCUT2D eigenvalue weighted by Crippen LogP contribution is 2.31. The summed E-state index contributed by atoms with van der Waals surface area (Å²) in [5, 5.41) is 0.736. The van der Waals surface area contributed by atoms with Crippen LogP contribution in [0.5, 0.6) is 5.75 Å². The molecule has 2 aliphatic heterocycles. The molecule has 1 saturated heterocycles. The lowest BCUT2D eigenvalue weighted by molar-refractivity contribution is -0.0626. The van der Waals surface area contributed by atoms with Crippen LogP contribution in [0.1, 0.15) is 34.3 Å². The largest absolute Gasteiger partial charge is 0.493 e. The van der Waals surface area contributed by atoms with Crippen LogP contribution in [0.2, 0.25) is 5.02 Å². The summed E-state index contributed by atoms with van der Waals surface area (Å²) in [5.41, 5.74) is 3.07. The van der Waals surface area contributed by atoms with Crippen LogP contribution in [0.25, 0.3) is 0 Å². The van der Waals surface area contributed by atoms with Gasteiger partial charge in [0.2, 0.25) is 0 Å². The number of ether oxygens (including phenoxy) is 2. The molecule has 0 saturated carbocycles. The first-order valence-corrected chi connectivity index (χ1v) is 12.3. The predicted molar refractivity (Wildman–Crippen MR) is 131 cm³/mol. The lowest BCUT2D eigenvalue weighted by Gasteiger charge is -2.36. The average Bonchev–Trinajstić information content (AvgIpc) is 2.80. The van der Waals surface area contributed by atoms with E-state index >= 15 is 0 Å². The fourth-order valence-electron chi connectivity index (χ4n) is 4.88. The quantitative estimate of drug-likeness (QED) is 0.519. The summed E-state index contributed by atoms with van der Waals surface area (Å²) in [6.07, 6.45) is 13.0. The molecule has 33 heavy (non-hydrogen) atoms. The number of rotatable bonds is 8. The molecule has 2 aromatic rings. The van der Waals surface area contributed by atoms with Crippen molar-refractivity contribution in [3.63, 3.8) is 0 Å². The lowest BCUT2D eigenvalue weighted by atomic mass is 9.82. The minimum atomic E-state index is 0.112. The molecule has 1 fully saturated rings. The summed E-state index contributed by atoms with van der Waals surface area (Å²) in [7, 11) is 0. The Balaban J connectivity index is 1.21. The van der Waals surface area contributed by atoms with Crippen molar-refractivity contribution in [1.29, 1.82) is 0 Å². The summed E-state index contributed by atoms with van der Waals surface area (Å²) in [6, 6.07) is 13.8. The molecule has 4 nitrogen and oxygen atoms in total. The van der Waals surface area contributed by atoms with Crippen LogP contribution in [0.4, 0.5) is 0 Å². The van der Waals surface area contributed by atoms with Gasteiger partial charge in [-0.15, -0.1) is 0 Å². The number of hydrogen-bond donors (Lipinski definition) is 0. The molecule has 0 N–H and O–H groups in total. The third-order valence-electron chi connectivity index (χ3n) is 6.96. The van der Waals surface area contributed by atoms with Gasteiger partial charge in [0.15, 0.2) is 0 Å². The highest BCUT2D eigenvalue weighted by atomic mass is 35.5. The molecule has 2 aromatic carbocycles. The summed E-state index contributed by atoms with van der Waals surface area (Å²) in [5.74, 6) is 1.62. The third kappa shape index (κ3) is 5.34. The normalized spacial score (nSPS) is 23.8. The molecule has 1 amide bonds. The highest BCUT2D eigenvalue weighted by molar-refractivity contribution is 6.30. The number of carbonyl (C=O) groups excluding carboxylic acids is 1. The molecular formula is C28H30ClNO3. The number of allylic oxidation sites excluding steroid dienone is 3. The lowest BCUT2D eigenvalue weighted by Crippen LogP contribution is -2.42. The van der Waals surface area contributed by atoms with E-state index in [4.69, 9.17) is 21.1 Å². The van der Waals surface area contributed by atoms with E-state index in [0.29, 0.717) is 24.5 Å². The standard InChI is InChI=1S/C28H30ClNO3/c29-24-8-5-20(6-9-24)12-15-32-25-10-7-21-11-14-30(28(31)27(21)18-25)19-23-4-2-1-3-22(23)17-26-13-16-33-26/h1-10,18,22-23,26H,11-17,19H2. The summed E-state index contributed by atoms with van der Waals surface area (Å²) in [6.45, 7) is 2.96. The van der Waals surface area contributed by atoms with Crippen LogP contribution in [-0.2, 0) is 17.6 Å². The van der Waals surface area contributed by atoms with Gasteiger partial charge < -0.3 is 14.4 Å². The van der Waals surface area contributed by atoms with Crippen LogP contribution in [-0.4, -0.2) is 43.2 Å². The van der Waals surface area contributed by atoms with Crippen LogP contribution in [0.15, 0.2) is 66.8 Å². The van der Waals surface area contributed by atoms with Crippen molar-refractivity contribution in [1.82, 2.24) is 4.90 Å². The van der Waals surface area contributed by atoms with Crippen LogP contribution < -0.4 is 4.74 Å². The maximum Gasteiger partial charge on any atom is 0.254 e. The van der Waals surface area contributed by atoms with Crippen molar-refractivity contribution in [3.05, 3.63) is 88.5 Å². The smallest absolute Gasteiger partial charge is 0.254 e. The van der Waals surface area contributed by atoms with E-state index in [1.165, 1.54) is 5.56 Å². The van der Waals surface area contributed by atoms with Crippen LogP contribution in [0, 0.1) is 11.8 Å². The maximum atomic E-state index is 13.4. The van der Waals surface area contributed by atoms with Crippen LogP contribution in [0.3, 0.4) is 0 Å². The molecule has 172 valence electrons. The molecule has 2 heterocycles. The number of halogens is 1. The molecule has 0 bridgehead atoms. The molecule has 5 rings (SSSR count). The molecule has 1 aliphatic carbocycles. The fourth-order valence-corrected chi connectivity index (χ4v) is 5.00. The molecular weight excluding hydrogens is 434 g/mol. The van der Waals surface area contributed by atoms with Crippen molar-refractivity contribution in [2.75, 3.05) is 26.3 Å². The Labute approximate surface area is 200 Å². The number of carbonyl (C=O) groups is 1. The number of fused-ring (bicyclic) bond motifs is 1. The minimum Gasteiger partial charge on any atom is -0.493 e. The Hall–Kier alpha value is -2.56. The fraction of sp³-hybridized carbons (Fsp3) is 0.393. The third-order valence-corrected chi connectivity index (χ3v) is 7.21. The summed E-state index contributed by atoms with van der Waals surface area (Å²) >= 11 is 5.96. The average molecular weight is 464 g/mol. The first-order chi connectivity index (χ1) is 16.2. The molecule has 3 atom stereocenters. The number of nitrogens with zero attached hydrogens (tertiary/aromatic N) is 1. The molecule has 3 aliphatic rings. The second-order valence-electron chi connectivity index (χ2n) is 9.16. The first-order valence-electron chi connectivity index (χ1n) is 11.9. The second-order valence-corrected chi connectivity index (χ2v) is 9.60. The number of hydrogen-bond acceptors (Lipinski definition) is 3. The maximum absolute atomic E-state index is 13.4. The summed E-state index contributed by atoms with van der Waals surface area (Å²) < 4.78 is 11.6. The monoisotopic (exact) mass is 463 g/mol. The van der Waals surface area contributed by atoms with Gasteiger partial charge in [0, 0.05) is 42.6 Å². The van der Waals surface area contributed by atoms with Crippen molar-refractivity contribution >= 4 is 17.5 Å². The first kappa shape index (κ1) is 22.2. The van der Waals surface area contributed by atoms with Crippen molar-refractivity contribution in [2.24, 2.45) is 11.8 Å². The van der Waals surface area contributed by atoms with E-state index in [2.05, 4.69) is 24.3 Å². The zero-order valence-corrected chi connectivity index (χ0v) is 19.5. The van der Waals surface area contributed by atoms with Crippen molar-refractivity contribution in [3.8, 4) is 5.75 Å². The van der Waals surface area contributed by atoms with Gasteiger partial charge in [0.25, 0.3) is 5.91 Å². The van der Waals surface area contributed by atoms with Gasteiger partial charge >= 0.3 is 0 Å². The van der Waals surface area contributed by atoms with Gasteiger partial charge in [-0.25, -0.2) is 0 Å². The number of benzene rings is 2. The molecule has 0 spiro atoms. The molecule has 3 unspecified atom stereocenters. The van der Waals surface area contributed by atoms with Gasteiger partial charge in [-0.3, -0.25) is 4.79 Å². The van der Waals surface area contributed by atoms with Gasteiger partial charge in [-0.2, -0.15) is 0 Å². The Kier molecular flexibility index (Phi) is 6.84. The van der Waals surface area contributed by atoms with Gasteiger partial charge in [0.05, 0.1) is 12.7 Å². The van der Waals surface area contributed by atoms with E-state index in [9.17, 15) is 4.79 Å². The molecule has 0 radical (unpaired) electrons. The Morgan fingerprint density at radius 3 is 2.61 bits per heavy atom. The van der Waals surface area contributed by atoms with Crippen LogP contribution >= 0.6 is 11.6 Å². The van der Waals surface area contributed by atoms with Gasteiger partial charge in [-0.1, -0.05) is 54.1 Å². The van der Waals surface area contributed by atoms with E-state index < -0.39 is 0 Å². The highest BCUT2D eigenvalue weighted by Gasteiger charge is 2.31. The van der Waals surface area contributed by atoms with E-state index in [0.717, 1.165) is 67.3 Å². The minimum absolute atomic E-state index is 0.112. The van der Waals surface area contributed by atoms with Gasteiger partial charge in [0.1, 0.15) is 5.75 Å². The Morgan fingerprint density at radius 1 is 1.06 bits per heavy atom. The second kappa shape index (κ2) is 10.1. The zero-order chi connectivity index (χ0) is 22.6. The van der Waals surface area contributed by atoms with E-state index in [1.54, 1.807) is 0 Å². The number of amides is 1. The van der Waals surface area contributed by atoms with Gasteiger partial charge in [-0.05, 0) is 60.6 Å². The molecule has 5 heteroatoms. The zero-order valence-electron chi connectivity index (χ0n) is 18.8. The van der Waals surface area contributed by atoms with E-state index in [1.807, 2.05) is 47.4 Å². The predicted octanol–water partition coefficient (Wildman–Crippen LogP) is 5.50. The Morgan fingerprint density at radius 2 is 1.85 bits per heavy atom. The van der Waals surface area contributed by atoms with E-state index in [-0.39, 0.29) is 5.91 Å². The molecule has 0 aromatic heterocycles.